The number of carbonyl (C=O) groups excluding carboxylic acids is 2. The molecular formula is C11H21N3O4. The molecule has 0 aromatic carbocycles. The van der Waals surface area contributed by atoms with E-state index in [0.29, 0.717) is 26.3 Å². The van der Waals surface area contributed by atoms with Crippen LogP contribution in [-0.2, 0) is 19.1 Å². The summed E-state index contributed by atoms with van der Waals surface area (Å²) >= 11 is 0. The fourth-order valence-corrected chi connectivity index (χ4v) is 1.56. The molecule has 0 saturated carbocycles. The van der Waals surface area contributed by atoms with Crippen molar-refractivity contribution in [3.05, 3.63) is 0 Å². The Morgan fingerprint density at radius 1 is 1.39 bits per heavy atom. The molecule has 1 aliphatic rings. The first kappa shape index (κ1) is 14.9. The quantitative estimate of drug-likeness (QED) is 0.472. The maximum atomic E-state index is 11.5. The van der Waals surface area contributed by atoms with Gasteiger partial charge in [0.25, 0.3) is 0 Å². The van der Waals surface area contributed by atoms with Crippen LogP contribution in [0.25, 0.3) is 0 Å². The lowest BCUT2D eigenvalue weighted by Crippen LogP contribution is -2.43. The lowest BCUT2D eigenvalue weighted by atomic mass is 10.2. The van der Waals surface area contributed by atoms with Gasteiger partial charge >= 0.3 is 0 Å². The van der Waals surface area contributed by atoms with Crippen molar-refractivity contribution < 1.29 is 19.1 Å². The summed E-state index contributed by atoms with van der Waals surface area (Å²) in [5, 5.41) is 8.32. The zero-order valence-corrected chi connectivity index (χ0v) is 10.7. The number of amides is 2. The van der Waals surface area contributed by atoms with Crippen LogP contribution >= 0.6 is 0 Å². The smallest absolute Gasteiger partial charge is 0.239 e. The maximum Gasteiger partial charge on any atom is 0.239 e. The molecule has 1 saturated heterocycles. The Labute approximate surface area is 107 Å². The van der Waals surface area contributed by atoms with Gasteiger partial charge in [-0.3, -0.25) is 9.59 Å². The molecule has 0 radical (unpaired) electrons. The molecular weight excluding hydrogens is 238 g/mol. The molecule has 18 heavy (non-hydrogen) atoms. The van der Waals surface area contributed by atoms with Gasteiger partial charge in [0.05, 0.1) is 32.3 Å². The van der Waals surface area contributed by atoms with E-state index in [1.54, 1.807) is 7.11 Å². The highest BCUT2D eigenvalue weighted by atomic mass is 16.5. The Morgan fingerprint density at radius 2 is 2.22 bits per heavy atom. The second kappa shape index (κ2) is 8.84. The Hall–Kier alpha value is -1.18. The van der Waals surface area contributed by atoms with Gasteiger partial charge < -0.3 is 25.4 Å². The molecule has 0 aromatic rings. The minimum Gasteiger partial charge on any atom is -0.383 e. The number of ether oxygens (including phenoxy) is 2. The summed E-state index contributed by atoms with van der Waals surface area (Å²) in [6.45, 7) is 3.01. The van der Waals surface area contributed by atoms with Crippen LogP contribution in [0.1, 0.15) is 6.42 Å². The summed E-state index contributed by atoms with van der Waals surface area (Å²) in [5.74, 6) is -0.395. The highest BCUT2D eigenvalue weighted by Gasteiger charge is 2.17. The molecule has 1 rings (SSSR count). The number of morpholine rings is 1. The fraction of sp³-hybridized carbons (Fsp3) is 0.818. The van der Waals surface area contributed by atoms with E-state index < -0.39 is 0 Å². The van der Waals surface area contributed by atoms with Gasteiger partial charge in [-0.15, -0.1) is 0 Å². The SMILES string of the molecule is COCCNC(=O)CNC(=O)CC1CNCCO1. The fourth-order valence-electron chi connectivity index (χ4n) is 1.56. The number of carbonyl (C=O) groups is 2. The van der Waals surface area contributed by atoms with Crippen LogP contribution in [0.4, 0.5) is 0 Å². The second-order valence-corrected chi connectivity index (χ2v) is 4.02. The molecule has 1 heterocycles. The highest BCUT2D eigenvalue weighted by Crippen LogP contribution is 2.00. The lowest BCUT2D eigenvalue weighted by molar-refractivity contribution is -0.128. The predicted molar refractivity (Wildman–Crippen MR) is 65.1 cm³/mol. The zero-order valence-electron chi connectivity index (χ0n) is 10.7. The molecule has 1 fully saturated rings. The van der Waals surface area contributed by atoms with E-state index >= 15 is 0 Å². The maximum absolute atomic E-state index is 11.5. The van der Waals surface area contributed by atoms with Crippen LogP contribution in [0, 0.1) is 0 Å². The van der Waals surface area contributed by atoms with E-state index in [2.05, 4.69) is 16.0 Å². The van der Waals surface area contributed by atoms with Gasteiger partial charge in [0.2, 0.25) is 11.8 Å². The van der Waals surface area contributed by atoms with Gasteiger partial charge in [-0.2, -0.15) is 0 Å². The largest absolute Gasteiger partial charge is 0.383 e. The second-order valence-electron chi connectivity index (χ2n) is 4.02. The lowest BCUT2D eigenvalue weighted by Gasteiger charge is -2.22. The third kappa shape index (κ3) is 6.53. The van der Waals surface area contributed by atoms with Crippen LogP contribution < -0.4 is 16.0 Å². The molecule has 0 spiro atoms. The van der Waals surface area contributed by atoms with E-state index in [0.717, 1.165) is 6.54 Å². The van der Waals surface area contributed by atoms with Crippen LogP contribution in [-0.4, -0.2) is 64.4 Å². The van der Waals surface area contributed by atoms with E-state index in [4.69, 9.17) is 9.47 Å². The van der Waals surface area contributed by atoms with Gasteiger partial charge in [-0.25, -0.2) is 0 Å². The summed E-state index contributed by atoms with van der Waals surface area (Å²) < 4.78 is 10.2. The van der Waals surface area contributed by atoms with E-state index in [1.807, 2.05) is 0 Å². The Morgan fingerprint density at radius 3 is 2.89 bits per heavy atom. The minimum absolute atomic E-state index is 0.0112. The average Bonchev–Trinajstić information content (AvgIpc) is 2.38. The van der Waals surface area contributed by atoms with Crippen molar-refractivity contribution in [2.24, 2.45) is 0 Å². The van der Waals surface area contributed by atoms with Crippen molar-refractivity contribution in [2.75, 3.05) is 46.5 Å². The number of nitrogens with one attached hydrogen (secondary N) is 3. The molecule has 104 valence electrons. The summed E-state index contributed by atoms with van der Waals surface area (Å²) in [7, 11) is 1.56. The Bertz CT molecular complexity index is 267. The van der Waals surface area contributed by atoms with Gasteiger partial charge in [-0.05, 0) is 0 Å². The zero-order chi connectivity index (χ0) is 13.2. The molecule has 0 aliphatic carbocycles. The normalized spacial score (nSPS) is 19.3. The number of hydrogen-bond acceptors (Lipinski definition) is 5. The molecule has 0 bridgehead atoms. The van der Waals surface area contributed by atoms with E-state index in [1.165, 1.54) is 0 Å². The molecule has 7 heteroatoms. The van der Waals surface area contributed by atoms with E-state index in [9.17, 15) is 9.59 Å². The van der Waals surface area contributed by atoms with Crippen LogP contribution in [0.5, 0.6) is 0 Å². The van der Waals surface area contributed by atoms with Crippen molar-refractivity contribution in [1.29, 1.82) is 0 Å². The molecule has 0 aromatic heterocycles. The minimum atomic E-state index is -0.219. The van der Waals surface area contributed by atoms with Gasteiger partial charge in [0.15, 0.2) is 0 Å². The number of hydrogen-bond donors (Lipinski definition) is 3. The van der Waals surface area contributed by atoms with Gasteiger partial charge in [-0.1, -0.05) is 0 Å². The number of methoxy groups -OCH3 is 1. The van der Waals surface area contributed by atoms with Crippen LogP contribution in [0.3, 0.4) is 0 Å². The standard InChI is InChI=1S/C11H21N3O4/c1-17-4-3-13-11(16)8-14-10(15)6-9-7-12-2-5-18-9/h9,12H,2-8H2,1H3,(H,13,16)(H,14,15). The summed E-state index contributed by atoms with van der Waals surface area (Å²) in [4.78, 5) is 22.8. The summed E-state index contributed by atoms with van der Waals surface area (Å²) in [5.41, 5.74) is 0. The monoisotopic (exact) mass is 259 g/mol. The van der Waals surface area contributed by atoms with Gasteiger partial charge in [0.1, 0.15) is 0 Å². The Kier molecular flexibility index (Phi) is 7.31. The van der Waals surface area contributed by atoms with Crippen molar-refractivity contribution in [1.82, 2.24) is 16.0 Å². The first-order chi connectivity index (χ1) is 8.72. The summed E-state index contributed by atoms with van der Waals surface area (Å²) in [6.07, 6.45) is 0.175. The van der Waals surface area contributed by atoms with Crippen molar-refractivity contribution >= 4 is 11.8 Å². The molecule has 1 aliphatic heterocycles. The highest BCUT2D eigenvalue weighted by molar-refractivity contribution is 5.84. The van der Waals surface area contributed by atoms with Crippen molar-refractivity contribution in [2.45, 2.75) is 12.5 Å². The first-order valence-electron chi connectivity index (χ1n) is 6.07. The average molecular weight is 259 g/mol. The van der Waals surface area contributed by atoms with Crippen LogP contribution in [0.15, 0.2) is 0 Å². The van der Waals surface area contributed by atoms with E-state index in [-0.39, 0.29) is 30.9 Å². The van der Waals surface area contributed by atoms with Crippen molar-refractivity contribution in [3.8, 4) is 0 Å². The first-order valence-corrected chi connectivity index (χ1v) is 6.07. The topological polar surface area (TPSA) is 88.7 Å². The molecule has 3 N–H and O–H groups in total. The Balaban J connectivity index is 2.06. The van der Waals surface area contributed by atoms with Gasteiger partial charge in [0, 0.05) is 26.7 Å². The predicted octanol–water partition coefficient (Wildman–Crippen LogP) is -1.76. The third-order valence-electron chi connectivity index (χ3n) is 2.49. The molecule has 2 amide bonds. The molecule has 1 unspecified atom stereocenters. The molecule has 7 nitrogen and oxygen atoms in total. The third-order valence-corrected chi connectivity index (χ3v) is 2.49. The van der Waals surface area contributed by atoms with Crippen LogP contribution in [0.2, 0.25) is 0 Å². The summed E-state index contributed by atoms with van der Waals surface area (Å²) in [6, 6.07) is 0. The number of rotatable bonds is 7. The molecule has 1 atom stereocenters. The van der Waals surface area contributed by atoms with Crippen molar-refractivity contribution in [3.63, 3.8) is 0 Å².